The minimum absolute atomic E-state index is 0.142. The van der Waals surface area contributed by atoms with Crippen molar-refractivity contribution in [3.05, 3.63) is 106 Å². The van der Waals surface area contributed by atoms with E-state index in [1.807, 2.05) is 37.3 Å². The van der Waals surface area contributed by atoms with Gasteiger partial charge < -0.3 is 10.1 Å². The van der Waals surface area contributed by atoms with E-state index < -0.39 is 0 Å². The Morgan fingerprint density at radius 3 is 2.55 bits per heavy atom. The van der Waals surface area contributed by atoms with Gasteiger partial charge in [-0.05, 0) is 55.0 Å². The number of carbonyl (C=O) groups excluding carboxylic acids is 1. The number of aromatic nitrogens is 2. The fraction of sp³-hybridized carbons (Fsp3) is 0.0870. The van der Waals surface area contributed by atoms with Gasteiger partial charge in [0.1, 0.15) is 18.0 Å². The number of nitrogens with one attached hydrogen (secondary N) is 1. The molecule has 144 valence electrons. The molecule has 0 aliphatic rings. The van der Waals surface area contributed by atoms with Crippen LogP contribution in [0.25, 0.3) is 5.65 Å². The zero-order chi connectivity index (χ0) is 20.2. The van der Waals surface area contributed by atoms with Crippen LogP contribution in [-0.4, -0.2) is 15.3 Å². The van der Waals surface area contributed by atoms with Crippen molar-refractivity contribution in [2.45, 2.75) is 13.5 Å². The highest BCUT2D eigenvalue weighted by atomic mass is 16.5. The molecule has 2 aromatic heterocycles. The van der Waals surface area contributed by atoms with Crippen LogP contribution in [0.3, 0.4) is 0 Å². The first-order chi connectivity index (χ1) is 14.1. The van der Waals surface area contributed by atoms with Gasteiger partial charge in [-0.25, -0.2) is 4.98 Å². The highest BCUT2D eigenvalue weighted by molar-refractivity contribution is 6.04. The molecule has 29 heavy (non-hydrogen) atoms. The zero-order valence-electron chi connectivity index (χ0n) is 15.8. The molecule has 6 nitrogen and oxygen atoms in total. The molecule has 0 saturated heterocycles. The molecule has 1 amide bonds. The maximum absolute atomic E-state index is 12.3. The molecular weight excluding hydrogens is 366 g/mol. The fourth-order valence-electron chi connectivity index (χ4n) is 2.97. The van der Waals surface area contributed by atoms with Crippen molar-refractivity contribution in [3.8, 4) is 5.75 Å². The van der Waals surface area contributed by atoms with Gasteiger partial charge in [0.05, 0.1) is 5.69 Å². The van der Waals surface area contributed by atoms with Crippen LogP contribution in [0.4, 0.5) is 5.69 Å². The largest absolute Gasteiger partial charge is 0.487 e. The highest BCUT2D eigenvalue weighted by Crippen LogP contribution is 2.18. The third-order valence-electron chi connectivity index (χ3n) is 4.47. The van der Waals surface area contributed by atoms with Gasteiger partial charge in [-0.2, -0.15) is 0 Å². The molecule has 0 fully saturated rings. The summed E-state index contributed by atoms with van der Waals surface area (Å²) in [6.07, 6.45) is 1.70. The second-order valence-corrected chi connectivity index (χ2v) is 6.60. The van der Waals surface area contributed by atoms with Crippen LogP contribution in [0.1, 0.15) is 21.6 Å². The van der Waals surface area contributed by atoms with Crippen LogP contribution in [0.15, 0.2) is 83.8 Å². The lowest BCUT2D eigenvalue weighted by Gasteiger charge is -2.09. The Labute approximate surface area is 167 Å². The highest BCUT2D eigenvalue weighted by Gasteiger charge is 2.07. The molecule has 0 bridgehead atoms. The van der Waals surface area contributed by atoms with Gasteiger partial charge in [0, 0.05) is 23.5 Å². The molecule has 2 aromatic carbocycles. The first-order valence-corrected chi connectivity index (χ1v) is 9.17. The summed E-state index contributed by atoms with van der Waals surface area (Å²) in [4.78, 5) is 29.0. The van der Waals surface area contributed by atoms with Gasteiger partial charge in [-0.3, -0.25) is 14.0 Å². The van der Waals surface area contributed by atoms with Gasteiger partial charge in [-0.15, -0.1) is 0 Å². The zero-order valence-corrected chi connectivity index (χ0v) is 15.8. The number of ether oxygens (including phenoxy) is 1. The number of amides is 1. The predicted molar refractivity (Wildman–Crippen MR) is 111 cm³/mol. The smallest absolute Gasteiger partial charge is 0.258 e. The molecular formula is C23H19N3O3. The van der Waals surface area contributed by atoms with Crippen molar-refractivity contribution >= 4 is 17.2 Å². The Kier molecular flexibility index (Phi) is 5.07. The number of aryl methyl sites for hydroxylation is 1. The third kappa shape index (κ3) is 4.16. The molecule has 4 aromatic rings. The van der Waals surface area contributed by atoms with E-state index in [1.54, 1.807) is 42.6 Å². The molecule has 0 saturated carbocycles. The SMILES string of the molecule is Cc1cccn2c(=O)cc(COc3ccc(NC(=O)c4ccccc4)cc3)nc12. The van der Waals surface area contributed by atoms with Crippen LogP contribution in [0, 0.1) is 6.92 Å². The number of fused-ring (bicyclic) bond motifs is 1. The average Bonchev–Trinajstić information content (AvgIpc) is 2.75. The first kappa shape index (κ1) is 18.4. The number of hydrogen-bond acceptors (Lipinski definition) is 4. The molecule has 6 heteroatoms. The molecule has 0 aliphatic carbocycles. The Hall–Kier alpha value is -3.93. The molecule has 0 unspecified atom stereocenters. The Bertz CT molecular complexity index is 1220. The number of benzene rings is 2. The number of anilines is 1. The summed E-state index contributed by atoms with van der Waals surface area (Å²) in [5.41, 5.74) is 3.23. The van der Waals surface area contributed by atoms with E-state index in [0.717, 1.165) is 5.56 Å². The van der Waals surface area contributed by atoms with Crippen LogP contribution in [0.2, 0.25) is 0 Å². The summed E-state index contributed by atoms with van der Waals surface area (Å²) < 4.78 is 7.27. The molecule has 0 spiro atoms. The summed E-state index contributed by atoms with van der Waals surface area (Å²) in [6, 6.07) is 21.3. The van der Waals surface area contributed by atoms with Crippen LogP contribution >= 0.6 is 0 Å². The monoisotopic (exact) mass is 385 g/mol. The number of rotatable bonds is 5. The average molecular weight is 385 g/mol. The van der Waals surface area contributed by atoms with E-state index in [0.29, 0.717) is 28.3 Å². The van der Waals surface area contributed by atoms with E-state index in [4.69, 9.17) is 4.74 Å². The standard InChI is InChI=1S/C23H19N3O3/c1-16-6-5-13-26-21(27)14-19(24-22(16)26)15-29-20-11-9-18(10-12-20)25-23(28)17-7-3-2-4-8-17/h2-14H,15H2,1H3,(H,25,28). The van der Waals surface area contributed by atoms with Crippen LogP contribution in [-0.2, 0) is 6.61 Å². The molecule has 1 N–H and O–H groups in total. The van der Waals surface area contributed by atoms with E-state index in [2.05, 4.69) is 10.3 Å². The summed E-state index contributed by atoms with van der Waals surface area (Å²) >= 11 is 0. The van der Waals surface area contributed by atoms with Crippen molar-refractivity contribution in [2.24, 2.45) is 0 Å². The van der Waals surface area contributed by atoms with Gasteiger partial charge in [0.15, 0.2) is 0 Å². The second kappa shape index (κ2) is 7.98. The third-order valence-corrected chi connectivity index (χ3v) is 4.47. The molecule has 2 heterocycles. The van der Waals surface area contributed by atoms with Gasteiger partial charge >= 0.3 is 0 Å². The molecule has 0 atom stereocenters. The number of pyridine rings is 1. The maximum Gasteiger partial charge on any atom is 0.258 e. The Morgan fingerprint density at radius 1 is 1.03 bits per heavy atom. The first-order valence-electron chi connectivity index (χ1n) is 9.17. The lowest BCUT2D eigenvalue weighted by molar-refractivity contribution is 0.102. The number of carbonyl (C=O) groups is 1. The fourth-order valence-corrected chi connectivity index (χ4v) is 2.97. The summed E-state index contributed by atoms with van der Waals surface area (Å²) in [6.45, 7) is 2.09. The summed E-state index contributed by atoms with van der Waals surface area (Å²) in [5.74, 6) is 0.449. The van der Waals surface area contributed by atoms with Crippen molar-refractivity contribution in [2.75, 3.05) is 5.32 Å². The number of nitrogens with zero attached hydrogens (tertiary/aromatic N) is 2. The van der Waals surface area contributed by atoms with E-state index >= 15 is 0 Å². The lowest BCUT2D eigenvalue weighted by Crippen LogP contribution is -2.17. The minimum atomic E-state index is -0.171. The van der Waals surface area contributed by atoms with Crippen LogP contribution in [0.5, 0.6) is 5.75 Å². The van der Waals surface area contributed by atoms with E-state index in [9.17, 15) is 9.59 Å². The van der Waals surface area contributed by atoms with Crippen molar-refractivity contribution in [1.29, 1.82) is 0 Å². The topological polar surface area (TPSA) is 72.7 Å². The number of hydrogen-bond donors (Lipinski definition) is 1. The molecule has 0 aliphatic heterocycles. The van der Waals surface area contributed by atoms with E-state index in [1.165, 1.54) is 10.5 Å². The second-order valence-electron chi connectivity index (χ2n) is 6.60. The van der Waals surface area contributed by atoms with Crippen molar-refractivity contribution in [1.82, 2.24) is 9.38 Å². The summed E-state index contributed by atoms with van der Waals surface area (Å²) in [5, 5.41) is 2.84. The lowest BCUT2D eigenvalue weighted by atomic mass is 10.2. The van der Waals surface area contributed by atoms with Crippen molar-refractivity contribution in [3.63, 3.8) is 0 Å². The normalized spacial score (nSPS) is 10.7. The van der Waals surface area contributed by atoms with E-state index in [-0.39, 0.29) is 18.1 Å². The van der Waals surface area contributed by atoms with Gasteiger partial charge in [-0.1, -0.05) is 24.3 Å². The quantitative estimate of drug-likeness (QED) is 0.567. The Morgan fingerprint density at radius 2 is 1.79 bits per heavy atom. The maximum atomic E-state index is 12.3. The minimum Gasteiger partial charge on any atom is -0.487 e. The predicted octanol–water partition coefficient (Wildman–Crippen LogP) is 3.83. The summed E-state index contributed by atoms with van der Waals surface area (Å²) in [7, 11) is 0. The van der Waals surface area contributed by atoms with Crippen molar-refractivity contribution < 1.29 is 9.53 Å². The Balaban J connectivity index is 1.43. The molecule has 0 radical (unpaired) electrons. The van der Waals surface area contributed by atoms with Gasteiger partial charge in [0.25, 0.3) is 11.5 Å². The van der Waals surface area contributed by atoms with Crippen LogP contribution < -0.4 is 15.6 Å². The molecule has 4 rings (SSSR count). The van der Waals surface area contributed by atoms with Gasteiger partial charge in [0.2, 0.25) is 0 Å².